The Hall–Kier alpha value is -0.0800. The summed E-state index contributed by atoms with van der Waals surface area (Å²) < 4.78 is 0. The van der Waals surface area contributed by atoms with E-state index in [0.717, 1.165) is 19.0 Å². The summed E-state index contributed by atoms with van der Waals surface area (Å²) in [7, 11) is 0. The van der Waals surface area contributed by atoms with E-state index < -0.39 is 0 Å². The minimum Gasteiger partial charge on any atom is -0.330 e. The molecule has 2 N–H and O–H groups in total. The highest BCUT2D eigenvalue weighted by Gasteiger charge is 2.13. The Morgan fingerprint density at radius 3 is 1.67 bits per heavy atom. The molecule has 0 saturated carbocycles. The Balaban J connectivity index is 4.00. The summed E-state index contributed by atoms with van der Waals surface area (Å²) in [5.74, 6) is 1.54. The number of hydrogen-bond donors (Lipinski definition) is 1. The van der Waals surface area contributed by atoms with E-state index in [1.807, 2.05) is 0 Å². The number of hydrogen-bond acceptors (Lipinski definition) is 2. The van der Waals surface area contributed by atoms with Gasteiger partial charge < -0.3 is 10.6 Å². The van der Waals surface area contributed by atoms with Crippen LogP contribution in [0.15, 0.2) is 0 Å². The summed E-state index contributed by atoms with van der Waals surface area (Å²) in [4.78, 5) is 2.57. The van der Waals surface area contributed by atoms with Crippen molar-refractivity contribution in [1.29, 1.82) is 0 Å². The average Bonchev–Trinajstić information content (AvgIpc) is 2.30. The van der Waals surface area contributed by atoms with Crippen LogP contribution in [0.4, 0.5) is 0 Å². The molecule has 0 radical (unpaired) electrons. The van der Waals surface area contributed by atoms with Crippen LogP contribution < -0.4 is 5.73 Å². The monoisotopic (exact) mass is 214 g/mol. The highest BCUT2D eigenvalue weighted by Crippen LogP contribution is 2.12. The predicted molar refractivity (Wildman–Crippen MR) is 69.0 cm³/mol. The van der Waals surface area contributed by atoms with Gasteiger partial charge in [-0.3, -0.25) is 0 Å². The van der Waals surface area contributed by atoms with Gasteiger partial charge in [0.2, 0.25) is 0 Å². The largest absolute Gasteiger partial charge is 0.330 e. The van der Waals surface area contributed by atoms with Crippen LogP contribution in [-0.2, 0) is 0 Å². The molecule has 0 aromatic heterocycles. The molecule has 0 aromatic carbocycles. The molecule has 0 bridgehead atoms. The minimum atomic E-state index is 0.680. The second-order valence-corrected chi connectivity index (χ2v) is 4.54. The number of nitrogens with two attached hydrogens (primary N) is 1. The first-order chi connectivity index (χ1) is 7.21. The molecule has 2 nitrogen and oxygen atoms in total. The standard InChI is InChI=1S/C13H30N2/c1-5-12(6-2)10-15(8-4)11-13(7-3)9-14/h12-13H,5-11,14H2,1-4H3. The van der Waals surface area contributed by atoms with E-state index >= 15 is 0 Å². The third kappa shape index (κ3) is 6.16. The van der Waals surface area contributed by atoms with E-state index in [0.29, 0.717) is 5.92 Å². The normalized spacial score (nSPS) is 13.8. The lowest BCUT2D eigenvalue weighted by molar-refractivity contribution is 0.200. The van der Waals surface area contributed by atoms with Gasteiger partial charge in [-0.1, -0.05) is 47.0 Å². The van der Waals surface area contributed by atoms with Gasteiger partial charge in [-0.2, -0.15) is 0 Å². The highest BCUT2D eigenvalue weighted by molar-refractivity contribution is 4.68. The van der Waals surface area contributed by atoms with Crippen molar-refractivity contribution in [3.8, 4) is 0 Å². The van der Waals surface area contributed by atoms with Gasteiger partial charge in [-0.25, -0.2) is 0 Å². The number of nitrogens with zero attached hydrogens (tertiary/aromatic N) is 1. The second-order valence-electron chi connectivity index (χ2n) is 4.54. The molecule has 0 aliphatic carbocycles. The molecule has 0 fully saturated rings. The zero-order chi connectivity index (χ0) is 11.7. The van der Waals surface area contributed by atoms with Gasteiger partial charge in [0.05, 0.1) is 0 Å². The summed E-state index contributed by atoms with van der Waals surface area (Å²) in [5.41, 5.74) is 5.76. The first kappa shape index (κ1) is 14.9. The fourth-order valence-corrected chi connectivity index (χ4v) is 1.98. The lowest BCUT2D eigenvalue weighted by Gasteiger charge is -2.28. The van der Waals surface area contributed by atoms with Crippen LogP contribution in [0.2, 0.25) is 0 Å². The van der Waals surface area contributed by atoms with Crippen LogP contribution >= 0.6 is 0 Å². The Labute approximate surface area is 96.2 Å². The summed E-state index contributed by atoms with van der Waals surface area (Å²) in [6.45, 7) is 13.5. The first-order valence-electron chi connectivity index (χ1n) is 6.63. The predicted octanol–water partition coefficient (Wildman–Crippen LogP) is 2.73. The van der Waals surface area contributed by atoms with Gasteiger partial charge in [0.1, 0.15) is 0 Å². The Morgan fingerprint density at radius 1 is 0.867 bits per heavy atom. The molecule has 15 heavy (non-hydrogen) atoms. The Kier molecular flexibility index (Phi) is 9.12. The van der Waals surface area contributed by atoms with E-state index in [2.05, 4.69) is 32.6 Å². The van der Waals surface area contributed by atoms with E-state index in [4.69, 9.17) is 5.73 Å². The van der Waals surface area contributed by atoms with E-state index in [1.165, 1.54) is 32.4 Å². The molecule has 0 saturated heterocycles. The van der Waals surface area contributed by atoms with E-state index in [9.17, 15) is 0 Å². The smallest absolute Gasteiger partial charge is 0.00216 e. The van der Waals surface area contributed by atoms with Crippen LogP contribution in [0.25, 0.3) is 0 Å². The molecule has 0 rings (SSSR count). The van der Waals surface area contributed by atoms with Crippen molar-refractivity contribution in [2.45, 2.75) is 47.0 Å². The SMILES string of the molecule is CCC(CC)CN(CC)CC(CC)CN. The van der Waals surface area contributed by atoms with Crippen LogP contribution in [0.5, 0.6) is 0 Å². The van der Waals surface area contributed by atoms with Crippen molar-refractivity contribution in [3.05, 3.63) is 0 Å². The van der Waals surface area contributed by atoms with Gasteiger partial charge in [0, 0.05) is 13.1 Å². The third-order valence-corrected chi connectivity index (χ3v) is 3.55. The quantitative estimate of drug-likeness (QED) is 0.639. The third-order valence-electron chi connectivity index (χ3n) is 3.55. The van der Waals surface area contributed by atoms with E-state index in [-0.39, 0.29) is 0 Å². The summed E-state index contributed by atoms with van der Waals surface area (Å²) in [6, 6.07) is 0. The molecule has 0 heterocycles. The van der Waals surface area contributed by atoms with Gasteiger partial charge in [0.25, 0.3) is 0 Å². The second kappa shape index (κ2) is 9.17. The van der Waals surface area contributed by atoms with Crippen molar-refractivity contribution >= 4 is 0 Å². The maximum absolute atomic E-state index is 5.76. The molecule has 0 amide bonds. The van der Waals surface area contributed by atoms with Crippen molar-refractivity contribution in [2.75, 3.05) is 26.2 Å². The van der Waals surface area contributed by atoms with Crippen LogP contribution in [0.1, 0.15) is 47.0 Å². The zero-order valence-corrected chi connectivity index (χ0v) is 11.1. The summed E-state index contributed by atoms with van der Waals surface area (Å²) in [6.07, 6.45) is 3.80. The molecule has 0 spiro atoms. The lowest BCUT2D eigenvalue weighted by atomic mass is 10.0. The average molecular weight is 214 g/mol. The highest BCUT2D eigenvalue weighted by atomic mass is 15.1. The van der Waals surface area contributed by atoms with Gasteiger partial charge in [-0.05, 0) is 24.9 Å². The minimum absolute atomic E-state index is 0.680. The van der Waals surface area contributed by atoms with Crippen LogP contribution in [0.3, 0.4) is 0 Å². The Morgan fingerprint density at radius 2 is 1.33 bits per heavy atom. The summed E-state index contributed by atoms with van der Waals surface area (Å²) in [5, 5.41) is 0. The van der Waals surface area contributed by atoms with Crippen molar-refractivity contribution < 1.29 is 0 Å². The van der Waals surface area contributed by atoms with Gasteiger partial charge >= 0.3 is 0 Å². The first-order valence-corrected chi connectivity index (χ1v) is 6.63. The molecular weight excluding hydrogens is 184 g/mol. The molecular formula is C13H30N2. The molecule has 0 aliphatic rings. The van der Waals surface area contributed by atoms with Gasteiger partial charge in [0.15, 0.2) is 0 Å². The molecule has 0 aromatic rings. The molecule has 1 atom stereocenters. The lowest BCUT2D eigenvalue weighted by Crippen LogP contribution is -2.35. The number of rotatable bonds is 9. The van der Waals surface area contributed by atoms with Crippen molar-refractivity contribution in [1.82, 2.24) is 4.90 Å². The molecule has 0 aliphatic heterocycles. The maximum Gasteiger partial charge on any atom is 0.00216 e. The molecule has 2 heteroatoms. The van der Waals surface area contributed by atoms with E-state index in [1.54, 1.807) is 0 Å². The fraction of sp³-hybridized carbons (Fsp3) is 1.00. The van der Waals surface area contributed by atoms with Crippen molar-refractivity contribution in [2.24, 2.45) is 17.6 Å². The van der Waals surface area contributed by atoms with Crippen LogP contribution in [-0.4, -0.2) is 31.1 Å². The maximum atomic E-state index is 5.76. The molecule has 92 valence electrons. The zero-order valence-electron chi connectivity index (χ0n) is 11.1. The summed E-state index contributed by atoms with van der Waals surface area (Å²) >= 11 is 0. The topological polar surface area (TPSA) is 29.3 Å². The van der Waals surface area contributed by atoms with Crippen molar-refractivity contribution in [3.63, 3.8) is 0 Å². The Bertz CT molecular complexity index is 114. The van der Waals surface area contributed by atoms with Crippen LogP contribution in [0, 0.1) is 11.8 Å². The fourth-order valence-electron chi connectivity index (χ4n) is 1.98. The molecule has 1 unspecified atom stereocenters. The van der Waals surface area contributed by atoms with Gasteiger partial charge in [-0.15, -0.1) is 0 Å².